The van der Waals surface area contributed by atoms with Gasteiger partial charge in [-0.1, -0.05) is 11.6 Å². The molecule has 3 nitrogen and oxygen atoms in total. The van der Waals surface area contributed by atoms with Crippen LogP contribution >= 0.6 is 23.4 Å². The van der Waals surface area contributed by atoms with E-state index < -0.39 is 0 Å². The van der Waals surface area contributed by atoms with Gasteiger partial charge < -0.3 is 5.11 Å². The van der Waals surface area contributed by atoms with E-state index in [9.17, 15) is 5.11 Å². The fourth-order valence-electron chi connectivity index (χ4n) is 2.04. The van der Waals surface area contributed by atoms with Crippen LogP contribution in [0.5, 0.6) is 0 Å². The van der Waals surface area contributed by atoms with E-state index in [-0.39, 0.29) is 12.1 Å². The number of aromatic nitrogens is 1. The highest BCUT2D eigenvalue weighted by Crippen LogP contribution is 2.22. The van der Waals surface area contributed by atoms with Crippen molar-refractivity contribution in [2.24, 2.45) is 0 Å². The summed E-state index contributed by atoms with van der Waals surface area (Å²) < 4.78 is 0. The summed E-state index contributed by atoms with van der Waals surface area (Å²) >= 11 is 7.95. The molecule has 0 bridgehead atoms. The van der Waals surface area contributed by atoms with E-state index in [4.69, 9.17) is 11.6 Å². The van der Waals surface area contributed by atoms with Crippen molar-refractivity contribution >= 4 is 23.4 Å². The SMILES string of the molecule is CN1CCSCC1C(O)Cc1ccncc1Cl. The van der Waals surface area contributed by atoms with Gasteiger partial charge in [0.05, 0.1) is 11.1 Å². The molecular weight excluding hydrogens is 256 g/mol. The van der Waals surface area contributed by atoms with Gasteiger partial charge in [0.15, 0.2) is 0 Å². The second-order valence-corrected chi connectivity index (χ2v) is 5.92. The van der Waals surface area contributed by atoms with Crippen molar-refractivity contribution in [3.63, 3.8) is 0 Å². The number of aliphatic hydroxyl groups excluding tert-OH is 1. The summed E-state index contributed by atoms with van der Waals surface area (Å²) in [5.41, 5.74) is 0.971. The molecule has 0 aromatic carbocycles. The fraction of sp³-hybridized carbons (Fsp3) is 0.583. The second-order valence-electron chi connectivity index (χ2n) is 4.36. The Morgan fingerprint density at radius 3 is 3.24 bits per heavy atom. The Hall–Kier alpha value is -0.290. The molecule has 2 atom stereocenters. The van der Waals surface area contributed by atoms with E-state index in [0.717, 1.165) is 23.6 Å². The molecule has 2 rings (SSSR count). The van der Waals surface area contributed by atoms with Gasteiger partial charge in [-0.15, -0.1) is 0 Å². The third-order valence-corrected chi connectivity index (χ3v) is 4.56. The van der Waals surface area contributed by atoms with Crippen LogP contribution in [0.2, 0.25) is 5.02 Å². The summed E-state index contributed by atoms with van der Waals surface area (Å²) in [7, 11) is 2.07. The molecule has 1 aromatic rings. The number of hydrogen-bond acceptors (Lipinski definition) is 4. The first kappa shape index (κ1) is 13.1. The first-order chi connectivity index (χ1) is 8.18. The van der Waals surface area contributed by atoms with Gasteiger partial charge in [-0.05, 0) is 18.7 Å². The normalized spacial score (nSPS) is 23.6. The number of rotatable bonds is 3. The molecule has 2 heterocycles. The number of nitrogens with zero attached hydrogens (tertiary/aromatic N) is 2. The van der Waals surface area contributed by atoms with Crippen LogP contribution in [0.1, 0.15) is 5.56 Å². The molecule has 0 spiro atoms. The van der Waals surface area contributed by atoms with Crippen LogP contribution < -0.4 is 0 Å². The molecule has 1 aliphatic rings. The number of likely N-dealkylation sites (N-methyl/N-ethyl adjacent to an activating group) is 1. The maximum Gasteiger partial charge on any atom is 0.0744 e. The van der Waals surface area contributed by atoms with Gasteiger partial charge in [0, 0.05) is 42.9 Å². The number of hydrogen-bond donors (Lipinski definition) is 1. The lowest BCUT2D eigenvalue weighted by Crippen LogP contribution is -2.47. The Labute approximate surface area is 111 Å². The van der Waals surface area contributed by atoms with Crippen LogP contribution in [0.25, 0.3) is 0 Å². The average molecular weight is 273 g/mol. The summed E-state index contributed by atoms with van der Waals surface area (Å²) in [5.74, 6) is 2.14. The maximum absolute atomic E-state index is 10.3. The zero-order valence-electron chi connectivity index (χ0n) is 9.84. The van der Waals surface area contributed by atoms with E-state index in [2.05, 4.69) is 16.9 Å². The van der Waals surface area contributed by atoms with E-state index in [0.29, 0.717) is 11.4 Å². The molecular formula is C12H17ClN2OS. The average Bonchev–Trinajstić information content (AvgIpc) is 2.32. The van der Waals surface area contributed by atoms with Gasteiger partial charge >= 0.3 is 0 Å². The van der Waals surface area contributed by atoms with Gasteiger partial charge in [-0.3, -0.25) is 9.88 Å². The second kappa shape index (κ2) is 6.05. The summed E-state index contributed by atoms with van der Waals surface area (Å²) in [4.78, 5) is 6.18. The molecule has 1 aliphatic heterocycles. The fourth-order valence-corrected chi connectivity index (χ4v) is 3.54. The minimum absolute atomic E-state index is 0.220. The lowest BCUT2D eigenvalue weighted by atomic mass is 10.0. The summed E-state index contributed by atoms with van der Waals surface area (Å²) in [6.07, 6.45) is 3.57. The van der Waals surface area contributed by atoms with Crippen LogP contribution in [0.15, 0.2) is 18.5 Å². The molecule has 0 radical (unpaired) electrons. The van der Waals surface area contributed by atoms with E-state index in [1.807, 2.05) is 17.8 Å². The Bertz CT molecular complexity index is 377. The molecule has 2 unspecified atom stereocenters. The molecule has 0 aliphatic carbocycles. The first-order valence-corrected chi connectivity index (χ1v) is 7.26. The summed E-state index contributed by atoms with van der Waals surface area (Å²) in [6, 6.07) is 2.10. The summed E-state index contributed by atoms with van der Waals surface area (Å²) in [5, 5.41) is 10.9. The Morgan fingerprint density at radius 2 is 2.53 bits per heavy atom. The smallest absolute Gasteiger partial charge is 0.0744 e. The zero-order valence-corrected chi connectivity index (χ0v) is 11.4. The van der Waals surface area contributed by atoms with Crippen LogP contribution in [0.3, 0.4) is 0 Å². The largest absolute Gasteiger partial charge is 0.391 e. The predicted octanol–water partition coefficient (Wildman–Crippen LogP) is 1.69. The molecule has 0 amide bonds. The highest BCUT2D eigenvalue weighted by atomic mass is 35.5. The van der Waals surface area contributed by atoms with Crippen molar-refractivity contribution < 1.29 is 5.11 Å². The quantitative estimate of drug-likeness (QED) is 0.908. The number of thioether (sulfide) groups is 1. The van der Waals surface area contributed by atoms with Crippen molar-refractivity contribution in [2.45, 2.75) is 18.6 Å². The number of pyridine rings is 1. The third-order valence-electron chi connectivity index (χ3n) is 3.17. The topological polar surface area (TPSA) is 36.4 Å². The van der Waals surface area contributed by atoms with Crippen LogP contribution in [0, 0.1) is 0 Å². The Balaban J connectivity index is 2.01. The standard InChI is InChI=1S/C12H17ClN2OS/c1-15-4-5-17-8-11(15)12(16)6-9-2-3-14-7-10(9)13/h2-3,7,11-12,16H,4-6,8H2,1H3. The third kappa shape index (κ3) is 3.35. The molecule has 1 saturated heterocycles. The maximum atomic E-state index is 10.3. The van der Waals surface area contributed by atoms with E-state index in [1.165, 1.54) is 0 Å². The first-order valence-electron chi connectivity index (χ1n) is 5.73. The highest BCUT2D eigenvalue weighted by Gasteiger charge is 2.26. The molecule has 17 heavy (non-hydrogen) atoms. The monoisotopic (exact) mass is 272 g/mol. The molecule has 5 heteroatoms. The number of aliphatic hydroxyl groups is 1. The molecule has 1 aromatic heterocycles. The predicted molar refractivity (Wildman–Crippen MR) is 72.7 cm³/mol. The lowest BCUT2D eigenvalue weighted by Gasteiger charge is -2.35. The molecule has 1 N–H and O–H groups in total. The minimum atomic E-state index is -0.368. The van der Waals surface area contributed by atoms with Crippen molar-refractivity contribution in [2.75, 3.05) is 25.1 Å². The van der Waals surface area contributed by atoms with Crippen LogP contribution in [-0.2, 0) is 6.42 Å². The Morgan fingerprint density at radius 1 is 1.71 bits per heavy atom. The molecule has 1 fully saturated rings. The van der Waals surface area contributed by atoms with Crippen molar-refractivity contribution in [3.8, 4) is 0 Å². The Kier molecular flexibility index (Phi) is 4.68. The highest BCUT2D eigenvalue weighted by molar-refractivity contribution is 7.99. The molecule has 0 saturated carbocycles. The van der Waals surface area contributed by atoms with Gasteiger partial charge in [-0.25, -0.2) is 0 Å². The molecule has 94 valence electrons. The van der Waals surface area contributed by atoms with Crippen molar-refractivity contribution in [1.29, 1.82) is 0 Å². The van der Waals surface area contributed by atoms with Crippen molar-refractivity contribution in [1.82, 2.24) is 9.88 Å². The van der Waals surface area contributed by atoms with Gasteiger partial charge in [0.2, 0.25) is 0 Å². The summed E-state index contributed by atoms with van der Waals surface area (Å²) in [6.45, 7) is 1.04. The minimum Gasteiger partial charge on any atom is -0.391 e. The van der Waals surface area contributed by atoms with Gasteiger partial charge in [0.25, 0.3) is 0 Å². The zero-order chi connectivity index (χ0) is 12.3. The van der Waals surface area contributed by atoms with E-state index in [1.54, 1.807) is 12.4 Å². The van der Waals surface area contributed by atoms with E-state index >= 15 is 0 Å². The van der Waals surface area contributed by atoms with Gasteiger partial charge in [0.1, 0.15) is 0 Å². The van der Waals surface area contributed by atoms with Crippen LogP contribution in [-0.4, -0.2) is 52.2 Å². The number of halogens is 1. The van der Waals surface area contributed by atoms with Crippen LogP contribution in [0.4, 0.5) is 0 Å². The lowest BCUT2D eigenvalue weighted by molar-refractivity contribution is 0.0763. The van der Waals surface area contributed by atoms with Crippen molar-refractivity contribution in [3.05, 3.63) is 29.0 Å². The van der Waals surface area contributed by atoms with Gasteiger partial charge in [-0.2, -0.15) is 11.8 Å².